The first-order valence-electron chi connectivity index (χ1n) is 7.67. The summed E-state index contributed by atoms with van der Waals surface area (Å²) in [6.45, 7) is 0. The Kier molecular flexibility index (Phi) is 3.91. The Labute approximate surface area is 164 Å². The lowest BCUT2D eigenvalue weighted by Gasteiger charge is -2.17. The maximum Gasteiger partial charge on any atom is 0.295 e. The van der Waals surface area contributed by atoms with E-state index in [4.69, 9.17) is 5.73 Å². The van der Waals surface area contributed by atoms with Crippen molar-refractivity contribution >= 4 is 68.4 Å². The molecule has 4 aromatic carbocycles. The van der Waals surface area contributed by atoms with Crippen LogP contribution < -0.4 is 5.73 Å². The molecule has 0 atom stereocenters. The van der Waals surface area contributed by atoms with E-state index in [0.717, 1.165) is 24.3 Å². The molecule has 29 heavy (non-hydrogen) atoms. The van der Waals surface area contributed by atoms with Crippen LogP contribution in [0.2, 0.25) is 0 Å². The molecule has 0 saturated carbocycles. The van der Waals surface area contributed by atoms with E-state index in [1.54, 1.807) is 0 Å². The van der Waals surface area contributed by atoms with Gasteiger partial charge in [-0.2, -0.15) is 25.3 Å². The minimum Gasteiger partial charge on any atom is -0.398 e. The lowest BCUT2D eigenvalue weighted by molar-refractivity contribution is 0.481. The Balaban J connectivity index is 2.50. The molecule has 0 aromatic heterocycles. The predicted octanol–water partition coefficient (Wildman–Crippen LogP) is 1.91. The molecule has 0 aliphatic heterocycles. The lowest BCUT2D eigenvalue weighted by Crippen LogP contribution is -2.06. The van der Waals surface area contributed by atoms with Crippen LogP contribution in [0.4, 0.5) is 5.69 Å². The van der Waals surface area contributed by atoms with Crippen LogP contribution >= 0.6 is 0 Å². The molecule has 0 aliphatic carbocycles. The summed E-state index contributed by atoms with van der Waals surface area (Å²) in [5.41, 5.74) is 6.00. The van der Waals surface area contributed by atoms with Crippen molar-refractivity contribution in [3.05, 3.63) is 36.4 Å². The molecule has 5 N–H and O–H groups in total. The van der Waals surface area contributed by atoms with E-state index in [1.807, 2.05) is 0 Å². The first-order valence-corrected chi connectivity index (χ1v) is 12.0. The summed E-state index contributed by atoms with van der Waals surface area (Å²) >= 11 is 0. The minimum atomic E-state index is -4.89. The third-order valence-electron chi connectivity index (χ3n) is 4.65. The SMILES string of the molecule is Nc1cc2c(S(=O)(=O)O)ccc3c(S(=O)(=O)O)cc4c(S(=O)(=O)O)ccc1c4c32. The van der Waals surface area contributed by atoms with Gasteiger partial charge in [0.1, 0.15) is 14.7 Å². The number of hydrogen-bond acceptors (Lipinski definition) is 7. The quantitative estimate of drug-likeness (QED) is 0.201. The van der Waals surface area contributed by atoms with E-state index in [1.165, 1.54) is 12.1 Å². The summed E-state index contributed by atoms with van der Waals surface area (Å²) in [5, 5.41) is -0.380. The summed E-state index contributed by atoms with van der Waals surface area (Å²) in [6, 6.07) is 6.32. The smallest absolute Gasteiger partial charge is 0.295 e. The molecule has 152 valence electrons. The second-order valence-electron chi connectivity index (χ2n) is 6.33. The third-order valence-corrected chi connectivity index (χ3v) is 7.36. The summed E-state index contributed by atoms with van der Waals surface area (Å²) in [5.74, 6) is 0. The second kappa shape index (κ2) is 5.75. The van der Waals surface area contributed by atoms with Gasteiger partial charge in [-0.15, -0.1) is 0 Å². The van der Waals surface area contributed by atoms with Gasteiger partial charge in [-0.05, 0) is 24.3 Å². The molecule has 0 unspecified atom stereocenters. The van der Waals surface area contributed by atoms with Crippen molar-refractivity contribution < 1.29 is 38.9 Å². The van der Waals surface area contributed by atoms with Crippen LogP contribution in [0.1, 0.15) is 0 Å². The van der Waals surface area contributed by atoms with Crippen LogP contribution in [-0.2, 0) is 30.4 Å². The van der Waals surface area contributed by atoms with Crippen molar-refractivity contribution in [1.29, 1.82) is 0 Å². The van der Waals surface area contributed by atoms with Crippen LogP contribution in [0.3, 0.4) is 0 Å². The largest absolute Gasteiger partial charge is 0.398 e. The highest BCUT2D eigenvalue weighted by molar-refractivity contribution is 7.86. The van der Waals surface area contributed by atoms with Gasteiger partial charge >= 0.3 is 0 Å². The monoisotopic (exact) mass is 457 g/mol. The van der Waals surface area contributed by atoms with Crippen molar-refractivity contribution in [2.75, 3.05) is 5.73 Å². The van der Waals surface area contributed by atoms with Crippen LogP contribution in [0.25, 0.3) is 32.3 Å². The minimum absolute atomic E-state index is 0.0152. The van der Waals surface area contributed by atoms with Crippen molar-refractivity contribution in [2.24, 2.45) is 0 Å². The van der Waals surface area contributed by atoms with Gasteiger partial charge in [0, 0.05) is 38.0 Å². The van der Waals surface area contributed by atoms with Crippen LogP contribution in [-0.4, -0.2) is 38.9 Å². The van der Waals surface area contributed by atoms with E-state index in [2.05, 4.69) is 0 Å². The molecule has 0 amide bonds. The second-order valence-corrected chi connectivity index (χ2v) is 10.5. The van der Waals surface area contributed by atoms with Gasteiger partial charge in [0.15, 0.2) is 0 Å². The average Bonchev–Trinajstić information content (AvgIpc) is 2.56. The maximum absolute atomic E-state index is 11.9. The van der Waals surface area contributed by atoms with Gasteiger partial charge < -0.3 is 5.73 Å². The highest BCUT2D eigenvalue weighted by atomic mass is 32.2. The zero-order valence-electron chi connectivity index (χ0n) is 14.1. The number of anilines is 1. The molecule has 0 fully saturated rings. The lowest BCUT2D eigenvalue weighted by atomic mass is 9.93. The third kappa shape index (κ3) is 2.90. The van der Waals surface area contributed by atoms with Crippen molar-refractivity contribution in [2.45, 2.75) is 14.7 Å². The fraction of sp³-hybridized carbons (Fsp3) is 0. The summed E-state index contributed by atoms with van der Waals surface area (Å²) < 4.78 is 99.9. The molecule has 0 saturated heterocycles. The number of benzene rings is 4. The van der Waals surface area contributed by atoms with Gasteiger partial charge in [0.25, 0.3) is 30.4 Å². The summed E-state index contributed by atoms with van der Waals surface area (Å²) in [4.78, 5) is -1.97. The fourth-order valence-electron chi connectivity index (χ4n) is 3.58. The summed E-state index contributed by atoms with van der Waals surface area (Å²) in [7, 11) is -14.5. The maximum atomic E-state index is 11.9. The Bertz CT molecular complexity index is 1670. The van der Waals surface area contributed by atoms with E-state index in [9.17, 15) is 38.9 Å². The van der Waals surface area contributed by atoms with Crippen molar-refractivity contribution in [3.8, 4) is 0 Å². The van der Waals surface area contributed by atoms with Gasteiger partial charge in [-0.1, -0.05) is 12.1 Å². The van der Waals surface area contributed by atoms with Gasteiger partial charge in [0.2, 0.25) is 0 Å². The Morgan fingerprint density at radius 2 is 0.966 bits per heavy atom. The number of hydrogen-bond donors (Lipinski definition) is 4. The molecule has 4 aromatic rings. The molecule has 0 aliphatic rings. The van der Waals surface area contributed by atoms with Crippen LogP contribution in [0, 0.1) is 0 Å². The Morgan fingerprint density at radius 3 is 1.45 bits per heavy atom. The first kappa shape index (κ1) is 19.8. The van der Waals surface area contributed by atoms with Crippen molar-refractivity contribution in [1.82, 2.24) is 0 Å². The van der Waals surface area contributed by atoms with Gasteiger partial charge in [-0.25, -0.2) is 0 Å². The number of rotatable bonds is 3. The molecule has 0 spiro atoms. The zero-order chi connectivity index (χ0) is 21.5. The molecular weight excluding hydrogens is 446 g/mol. The van der Waals surface area contributed by atoms with Gasteiger partial charge in [0.05, 0.1) is 0 Å². The van der Waals surface area contributed by atoms with Crippen molar-refractivity contribution in [3.63, 3.8) is 0 Å². The van der Waals surface area contributed by atoms with E-state index in [-0.39, 0.29) is 38.0 Å². The standard InChI is InChI=1S/C16H11NO9S3/c17-11-5-9-12(27(18,19)20)4-2-8-14(29(24,25)26)6-10-13(28(21,22)23)3-1-7(11)15(10)16(8)9/h1-6H,17H2,(H,18,19,20)(H,21,22,23)(H,24,25,26). The molecule has 10 nitrogen and oxygen atoms in total. The highest BCUT2D eigenvalue weighted by Crippen LogP contribution is 2.44. The molecular formula is C16H11NO9S3. The van der Waals surface area contributed by atoms with Gasteiger partial charge in [-0.3, -0.25) is 13.7 Å². The number of nitrogen functional groups attached to an aromatic ring is 1. The van der Waals surface area contributed by atoms with Crippen LogP contribution in [0.5, 0.6) is 0 Å². The first-order chi connectivity index (χ1) is 13.2. The molecule has 4 rings (SSSR count). The highest BCUT2D eigenvalue weighted by Gasteiger charge is 2.27. The predicted molar refractivity (Wildman–Crippen MR) is 104 cm³/mol. The average molecular weight is 457 g/mol. The molecule has 0 heterocycles. The zero-order valence-corrected chi connectivity index (χ0v) is 16.5. The normalized spacial score (nSPS) is 13.6. The molecule has 0 bridgehead atoms. The van der Waals surface area contributed by atoms with E-state index in [0.29, 0.717) is 0 Å². The molecule has 13 heteroatoms. The molecule has 0 radical (unpaired) electrons. The van der Waals surface area contributed by atoms with Crippen LogP contribution in [0.15, 0.2) is 51.1 Å². The van der Waals surface area contributed by atoms with E-state index >= 15 is 0 Å². The fourth-order valence-corrected chi connectivity index (χ4v) is 5.65. The topological polar surface area (TPSA) is 189 Å². The summed E-state index contributed by atoms with van der Waals surface area (Å²) in [6.07, 6.45) is 0. The van der Waals surface area contributed by atoms with E-state index < -0.39 is 45.0 Å². The Morgan fingerprint density at radius 1 is 0.552 bits per heavy atom. The number of nitrogens with two attached hydrogens (primary N) is 1. The Hall–Kier alpha value is -2.55.